The molecular formula is C29H31F2N2O3+. The van der Waals surface area contributed by atoms with E-state index < -0.39 is 23.8 Å². The molecule has 0 saturated carbocycles. The zero-order chi connectivity index (χ0) is 25.0. The number of fused-ring (bicyclic) bond motifs is 3. The third-order valence-corrected chi connectivity index (χ3v) is 7.51. The first kappa shape index (κ1) is 24.3. The molecule has 3 aromatic rings. The second kappa shape index (κ2) is 10.7. The molecule has 0 spiro atoms. The Hall–Kier alpha value is -3.45. The van der Waals surface area contributed by atoms with Crippen LogP contribution in [0.15, 0.2) is 78.9 Å². The summed E-state index contributed by atoms with van der Waals surface area (Å²) in [5.41, 5.74) is 0.900. The molecule has 7 heteroatoms. The SMILES string of the molecule is O=C(N[C@H]1C[N+]2(CCOc3ccccc3)CCC1CC2)OC(c1cccc(F)c1)c1cccc(F)c1. The zero-order valence-corrected chi connectivity index (χ0v) is 20.1. The first-order chi connectivity index (χ1) is 17.5. The zero-order valence-electron chi connectivity index (χ0n) is 20.1. The molecule has 188 valence electrons. The van der Waals surface area contributed by atoms with Crippen molar-refractivity contribution >= 4 is 6.09 Å². The minimum atomic E-state index is -0.917. The van der Waals surface area contributed by atoms with Crippen LogP contribution in [0.3, 0.4) is 0 Å². The Bertz CT molecular complexity index is 1140. The molecule has 3 saturated heterocycles. The number of nitrogens with zero attached hydrogens (tertiary/aromatic N) is 1. The number of hydrogen-bond donors (Lipinski definition) is 1. The maximum absolute atomic E-state index is 13.9. The van der Waals surface area contributed by atoms with E-state index in [1.165, 1.54) is 24.3 Å². The van der Waals surface area contributed by atoms with E-state index in [9.17, 15) is 13.6 Å². The van der Waals surface area contributed by atoms with Crippen molar-refractivity contribution in [2.45, 2.75) is 25.0 Å². The molecule has 0 unspecified atom stereocenters. The summed E-state index contributed by atoms with van der Waals surface area (Å²) in [6.07, 6.45) is 0.576. The second-order valence-electron chi connectivity index (χ2n) is 9.84. The average molecular weight is 494 g/mol. The van der Waals surface area contributed by atoms with Crippen LogP contribution in [0.4, 0.5) is 13.6 Å². The Kier molecular flexibility index (Phi) is 7.18. The smallest absolute Gasteiger partial charge is 0.408 e. The van der Waals surface area contributed by atoms with Gasteiger partial charge in [0.1, 0.15) is 30.5 Å². The highest BCUT2D eigenvalue weighted by atomic mass is 19.1. The van der Waals surface area contributed by atoms with Gasteiger partial charge in [0.15, 0.2) is 6.10 Å². The molecule has 6 rings (SSSR count). The van der Waals surface area contributed by atoms with Gasteiger partial charge in [-0.25, -0.2) is 13.6 Å². The molecule has 0 aromatic heterocycles. The van der Waals surface area contributed by atoms with E-state index in [-0.39, 0.29) is 6.04 Å². The number of nitrogens with one attached hydrogen (secondary N) is 1. The molecule has 3 aliphatic heterocycles. The number of para-hydroxylation sites is 1. The predicted molar refractivity (Wildman–Crippen MR) is 132 cm³/mol. The highest BCUT2D eigenvalue weighted by molar-refractivity contribution is 5.68. The number of ether oxygens (including phenoxy) is 2. The monoisotopic (exact) mass is 493 g/mol. The molecule has 3 heterocycles. The van der Waals surface area contributed by atoms with Gasteiger partial charge in [-0.05, 0) is 53.4 Å². The van der Waals surface area contributed by atoms with E-state index in [2.05, 4.69) is 5.32 Å². The maximum atomic E-state index is 13.9. The van der Waals surface area contributed by atoms with E-state index in [4.69, 9.17) is 9.47 Å². The van der Waals surface area contributed by atoms with Gasteiger partial charge >= 0.3 is 6.09 Å². The molecule has 1 amide bonds. The van der Waals surface area contributed by atoms with Crippen molar-refractivity contribution in [3.8, 4) is 5.75 Å². The number of halogens is 2. The summed E-state index contributed by atoms with van der Waals surface area (Å²) >= 11 is 0. The molecule has 0 aliphatic carbocycles. The Morgan fingerprint density at radius 3 is 2.17 bits per heavy atom. The van der Waals surface area contributed by atoms with Gasteiger partial charge < -0.3 is 19.3 Å². The molecule has 3 aromatic carbocycles. The third-order valence-electron chi connectivity index (χ3n) is 7.51. The average Bonchev–Trinajstić information content (AvgIpc) is 2.88. The summed E-state index contributed by atoms with van der Waals surface area (Å²) in [4.78, 5) is 13.1. The summed E-state index contributed by atoms with van der Waals surface area (Å²) in [5, 5.41) is 3.08. The van der Waals surface area contributed by atoms with Crippen molar-refractivity contribution in [1.29, 1.82) is 0 Å². The molecule has 0 radical (unpaired) electrons. The molecule has 5 nitrogen and oxygen atoms in total. The van der Waals surface area contributed by atoms with Gasteiger partial charge in [-0.2, -0.15) is 0 Å². The number of hydrogen-bond acceptors (Lipinski definition) is 3. The van der Waals surface area contributed by atoms with Gasteiger partial charge in [0.2, 0.25) is 0 Å². The number of quaternary nitrogens is 1. The van der Waals surface area contributed by atoms with Gasteiger partial charge in [-0.15, -0.1) is 0 Å². The van der Waals surface area contributed by atoms with Crippen LogP contribution in [0.1, 0.15) is 30.1 Å². The van der Waals surface area contributed by atoms with Crippen molar-refractivity contribution in [2.75, 3.05) is 32.8 Å². The van der Waals surface area contributed by atoms with Gasteiger partial charge in [0.25, 0.3) is 0 Å². The minimum Gasteiger partial charge on any atom is -0.488 e. The highest BCUT2D eigenvalue weighted by Gasteiger charge is 2.46. The lowest BCUT2D eigenvalue weighted by Crippen LogP contribution is -2.68. The van der Waals surface area contributed by atoms with E-state index in [1.807, 2.05) is 30.3 Å². The number of carbonyl (C=O) groups is 1. The van der Waals surface area contributed by atoms with Crippen LogP contribution in [0.2, 0.25) is 0 Å². The second-order valence-corrected chi connectivity index (χ2v) is 9.84. The summed E-state index contributed by atoms with van der Waals surface area (Å²) < 4.78 is 40.5. The summed E-state index contributed by atoms with van der Waals surface area (Å²) in [6, 6.07) is 21.5. The normalized spacial score (nSPS) is 22.9. The quantitative estimate of drug-likeness (QED) is 0.424. The van der Waals surface area contributed by atoms with Crippen LogP contribution in [0.5, 0.6) is 5.75 Å². The topological polar surface area (TPSA) is 47.6 Å². The fourth-order valence-electron chi connectivity index (χ4n) is 5.60. The molecule has 2 bridgehead atoms. The van der Waals surface area contributed by atoms with Crippen molar-refractivity contribution in [1.82, 2.24) is 5.32 Å². The standard InChI is InChI=1S/C29H30F2N2O3/c30-24-8-4-6-22(18-24)28(23-7-5-9-25(31)19-23)36-29(34)32-27-20-33(14-12-21(27)13-15-33)16-17-35-26-10-2-1-3-11-26/h1-11,18-19,21,27-28H,12-17,20H2/p+1/t21?,27-,33?/m0/s1. The van der Waals surface area contributed by atoms with E-state index in [0.29, 0.717) is 23.7 Å². The summed E-state index contributed by atoms with van der Waals surface area (Å²) in [6.45, 7) is 4.47. The first-order valence-electron chi connectivity index (χ1n) is 12.5. The van der Waals surface area contributed by atoms with Crippen LogP contribution in [-0.4, -0.2) is 49.4 Å². The van der Waals surface area contributed by atoms with Crippen molar-refractivity contribution in [2.24, 2.45) is 5.92 Å². The summed E-state index contributed by atoms with van der Waals surface area (Å²) in [5.74, 6) is 0.370. The third kappa shape index (κ3) is 5.68. The molecule has 3 fully saturated rings. The van der Waals surface area contributed by atoms with Crippen LogP contribution in [0, 0.1) is 17.6 Å². The lowest BCUT2D eigenvalue weighted by molar-refractivity contribution is -0.943. The molecule has 3 aliphatic rings. The molecular weight excluding hydrogens is 462 g/mol. The maximum Gasteiger partial charge on any atom is 0.408 e. The summed E-state index contributed by atoms with van der Waals surface area (Å²) in [7, 11) is 0. The predicted octanol–water partition coefficient (Wildman–Crippen LogP) is 5.47. The van der Waals surface area contributed by atoms with Gasteiger partial charge in [-0.1, -0.05) is 42.5 Å². The van der Waals surface area contributed by atoms with Gasteiger partial charge in [0, 0.05) is 12.8 Å². The van der Waals surface area contributed by atoms with Gasteiger partial charge in [0.05, 0.1) is 25.7 Å². The van der Waals surface area contributed by atoms with Crippen LogP contribution < -0.4 is 10.1 Å². The Labute approximate surface area is 210 Å². The fraction of sp³-hybridized carbons (Fsp3) is 0.345. The molecule has 1 N–H and O–H groups in total. The van der Waals surface area contributed by atoms with E-state index in [1.54, 1.807) is 24.3 Å². The van der Waals surface area contributed by atoms with E-state index >= 15 is 0 Å². The Balaban J connectivity index is 1.24. The number of piperidine rings is 3. The molecule has 1 atom stereocenters. The fourth-order valence-corrected chi connectivity index (χ4v) is 5.60. The number of amides is 1. The van der Waals surface area contributed by atoms with Crippen LogP contribution in [-0.2, 0) is 4.74 Å². The lowest BCUT2D eigenvalue weighted by atomic mass is 9.81. The van der Waals surface area contributed by atoms with Crippen molar-refractivity contribution in [3.63, 3.8) is 0 Å². The largest absolute Gasteiger partial charge is 0.488 e. The Morgan fingerprint density at radius 1 is 0.917 bits per heavy atom. The van der Waals surface area contributed by atoms with Crippen molar-refractivity contribution in [3.05, 3.63) is 102 Å². The highest BCUT2D eigenvalue weighted by Crippen LogP contribution is 2.34. The van der Waals surface area contributed by atoms with Crippen molar-refractivity contribution < 1.29 is 27.5 Å². The minimum absolute atomic E-state index is 0.0163. The number of rotatable bonds is 8. The number of benzene rings is 3. The van der Waals surface area contributed by atoms with Crippen LogP contribution in [0.25, 0.3) is 0 Å². The Morgan fingerprint density at radius 2 is 1.56 bits per heavy atom. The van der Waals surface area contributed by atoms with E-state index in [0.717, 1.165) is 49.3 Å². The first-order valence-corrected chi connectivity index (χ1v) is 12.5. The van der Waals surface area contributed by atoms with Crippen LogP contribution >= 0.6 is 0 Å². The van der Waals surface area contributed by atoms with Gasteiger partial charge in [-0.3, -0.25) is 0 Å². The molecule has 36 heavy (non-hydrogen) atoms. The number of carbonyl (C=O) groups excluding carboxylic acids is 1. The lowest BCUT2D eigenvalue weighted by Gasteiger charge is -2.52. The number of alkyl carbamates (subject to hydrolysis) is 1.